The molecule has 4 nitrogen and oxygen atoms in total. The fourth-order valence-electron chi connectivity index (χ4n) is 1.96. The number of rotatable bonds is 6. The van der Waals surface area contributed by atoms with Crippen molar-refractivity contribution in [3.8, 4) is 0 Å². The number of carbonyl (C=O) groups excluding carboxylic acids is 1. The second kappa shape index (κ2) is 5.73. The number of hydrogen-bond donors (Lipinski definition) is 0. The molecular formula is C11H20N2O2. The predicted octanol–water partition coefficient (Wildman–Crippen LogP) is -0.327. The SMILES string of the molecule is CCCCCCN1CC[N+](C)=C1C(=O)[O-]. The molecule has 0 amide bonds. The molecule has 1 aliphatic rings. The van der Waals surface area contributed by atoms with Crippen LogP contribution in [0.25, 0.3) is 0 Å². The zero-order valence-electron chi connectivity index (χ0n) is 9.66. The van der Waals surface area contributed by atoms with Crippen molar-refractivity contribution >= 4 is 11.8 Å². The van der Waals surface area contributed by atoms with E-state index in [0.29, 0.717) is 5.84 Å². The maximum absolute atomic E-state index is 10.9. The molecule has 0 unspecified atom stereocenters. The number of aliphatic carboxylic acids is 1. The van der Waals surface area contributed by atoms with Gasteiger partial charge in [0.15, 0.2) is 5.97 Å². The smallest absolute Gasteiger partial charge is 0.295 e. The lowest BCUT2D eigenvalue weighted by Crippen LogP contribution is -2.44. The van der Waals surface area contributed by atoms with Crippen LogP contribution < -0.4 is 5.11 Å². The first-order valence-electron chi connectivity index (χ1n) is 5.71. The maximum Gasteiger partial charge on any atom is 0.295 e. The summed E-state index contributed by atoms with van der Waals surface area (Å²) in [5.74, 6) is -0.697. The van der Waals surface area contributed by atoms with Crippen LogP contribution in [0.3, 0.4) is 0 Å². The Morgan fingerprint density at radius 1 is 1.47 bits per heavy atom. The number of carboxylic acids is 1. The molecule has 0 saturated heterocycles. The molecule has 0 N–H and O–H groups in total. The van der Waals surface area contributed by atoms with Gasteiger partial charge in [-0.15, -0.1) is 0 Å². The Balaban J connectivity index is 2.39. The summed E-state index contributed by atoms with van der Waals surface area (Å²) in [4.78, 5) is 12.8. The molecule has 0 aromatic rings. The van der Waals surface area contributed by atoms with E-state index in [1.165, 1.54) is 19.3 Å². The molecule has 0 atom stereocenters. The standard InChI is InChI=1S/C11H20N2O2/c1-3-4-5-6-7-13-9-8-12(2)10(13)11(14)15/h3-9H2,1-2H3. The number of carboxylic acid groups (broad SMARTS) is 1. The fraction of sp³-hybridized carbons (Fsp3) is 0.818. The molecule has 86 valence electrons. The van der Waals surface area contributed by atoms with Gasteiger partial charge in [0.05, 0.1) is 13.6 Å². The number of amidine groups is 1. The van der Waals surface area contributed by atoms with Gasteiger partial charge in [-0.05, 0) is 12.8 Å². The quantitative estimate of drug-likeness (QED) is 0.447. The highest BCUT2D eigenvalue weighted by molar-refractivity contribution is 6.31. The summed E-state index contributed by atoms with van der Waals surface area (Å²) in [6.07, 6.45) is 4.68. The van der Waals surface area contributed by atoms with E-state index in [1.807, 2.05) is 4.90 Å². The van der Waals surface area contributed by atoms with Gasteiger partial charge in [0.2, 0.25) is 0 Å². The zero-order chi connectivity index (χ0) is 11.3. The third-order valence-electron chi connectivity index (χ3n) is 2.83. The van der Waals surface area contributed by atoms with E-state index in [9.17, 15) is 9.90 Å². The van der Waals surface area contributed by atoms with Crippen LogP contribution >= 0.6 is 0 Å². The van der Waals surface area contributed by atoms with Gasteiger partial charge in [0.25, 0.3) is 5.84 Å². The molecule has 4 heteroatoms. The van der Waals surface area contributed by atoms with E-state index in [1.54, 1.807) is 11.6 Å². The summed E-state index contributed by atoms with van der Waals surface area (Å²) >= 11 is 0. The van der Waals surface area contributed by atoms with Crippen molar-refractivity contribution in [3.63, 3.8) is 0 Å². The summed E-state index contributed by atoms with van der Waals surface area (Å²) in [7, 11) is 1.80. The van der Waals surface area contributed by atoms with Gasteiger partial charge in [0, 0.05) is 0 Å². The van der Waals surface area contributed by atoms with Gasteiger partial charge in [-0.1, -0.05) is 19.8 Å². The Hall–Kier alpha value is -1.06. The van der Waals surface area contributed by atoms with Crippen molar-refractivity contribution < 1.29 is 14.5 Å². The predicted molar refractivity (Wildman–Crippen MR) is 56.8 cm³/mol. The van der Waals surface area contributed by atoms with Crippen LogP contribution in [0, 0.1) is 0 Å². The fourth-order valence-corrected chi connectivity index (χ4v) is 1.96. The molecule has 1 rings (SSSR count). The average molecular weight is 212 g/mol. The molecule has 0 radical (unpaired) electrons. The molecule has 0 aromatic heterocycles. The number of likely N-dealkylation sites (N-methyl/N-ethyl adjacent to an activating group) is 1. The Kier molecular flexibility index (Phi) is 4.59. The molecule has 0 aromatic carbocycles. The van der Waals surface area contributed by atoms with Gasteiger partial charge < -0.3 is 9.90 Å². The molecule has 1 aliphatic heterocycles. The monoisotopic (exact) mass is 212 g/mol. The first-order valence-corrected chi connectivity index (χ1v) is 5.71. The molecule has 0 bridgehead atoms. The average Bonchev–Trinajstić information content (AvgIpc) is 2.54. The van der Waals surface area contributed by atoms with E-state index in [0.717, 1.165) is 26.1 Å². The largest absolute Gasteiger partial charge is 0.538 e. The van der Waals surface area contributed by atoms with Crippen molar-refractivity contribution in [1.82, 2.24) is 4.90 Å². The third-order valence-corrected chi connectivity index (χ3v) is 2.83. The minimum atomic E-state index is -1.05. The van der Waals surface area contributed by atoms with Gasteiger partial charge in [-0.25, -0.2) is 0 Å². The third kappa shape index (κ3) is 3.22. The summed E-state index contributed by atoms with van der Waals surface area (Å²) < 4.78 is 1.76. The molecule has 15 heavy (non-hydrogen) atoms. The number of nitrogens with zero attached hydrogens (tertiary/aromatic N) is 2. The lowest BCUT2D eigenvalue weighted by molar-refractivity contribution is -0.488. The van der Waals surface area contributed by atoms with Gasteiger partial charge >= 0.3 is 0 Å². The first-order chi connectivity index (χ1) is 7.16. The molecule has 0 spiro atoms. The van der Waals surface area contributed by atoms with Crippen LogP contribution in [-0.2, 0) is 4.79 Å². The summed E-state index contributed by atoms with van der Waals surface area (Å²) in [5, 5.41) is 10.9. The normalized spacial score (nSPS) is 16.3. The highest BCUT2D eigenvalue weighted by Crippen LogP contribution is 2.05. The highest BCUT2D eigenvalue weighted by Gasteiger charge is 2.28. The van der Waals surface area contributed by atoms with Crippen LogP contribution in [0.2, 0.25) is 0 Å². The van der Waals surface area contributed by atoms with E-state index in [4.69, 9.17) is 0 Å². The van der Waals surface area contributed by atoms with E-state index in [-0.39, 0.29) is 0 Å². The topological polar surface area (TPSA) is 46.4 Å². The van der Waals surface area contributed by atoms with Crippen LogP contribution in [0.15, 0.2) is 0 Å². The van der Waals surface area contributed by atoms with E-state index >= 15 is 0 Å². The number of hydrogen-bond acceptors (Lipinski definition) is 3. The minimum absolute atomic E-state index is 0.353. The Morgan fingerprint density at radius 2 is 2.20 bits per heavy atom. The van der Waals surface area contributed by atoms with Gasteiger partial charge in [0.1, 0.15) is 13.1 Å². The highest BCUT2D eigenvalue weighted by atomic mass is 16.4. The Labute approximate surface area is 91.2 Å². The van der Waals surface area contributed by atoms with Crippen LogP contribution in [-0.4, -0.2) is 48.0 Å². The molecule has 0 aliphatic carbocycles. The molecule has 1 heterocycles. The Morgan fingerprint density at radius 3 is 2.80 bits per heavy atom. The van der Waals surface area contributed by atoms with Crippen molar-refractivity contribution in [3.05, 3.63) is 0 Å². The Bertz CT molecular complexity index is 261. The van der Waals surface area contributed by atoms with Gasteiger partial charge in [-0.2, -0.15) is 0 Å². The second-order valence-electron chi connectivity index (χ2n) is 4.08. The molecular weight excluding hydrogens is 192 g/mol. The minimum Gasteiger partial charge on any atom is -0.538 e. The summed E-state index contributed by atoms with van der Waals surface area (Å²) in [6, 6.07) is 0. The second-order valence-corrected chi connectivity index (χ2v) is 4.08. The summed E-state index contributed by atoms with van der Waals surface area (Å²) in [5.41, 5.74) is 0. The van der Waals surface area contributed by atoms with E-state index < -0.39 is 5.97 Å². The summed E-state index contributed by atoms with van der Waals surface area (Å²) in [6.45, 7) is 4.61. The van der Waals surface area contributed by atoms with Crippen LogP contribution in [0.5, 0.6) is 0 Å². The lowest BCUT2D eigenvalue weighted by Gasteiger charge is -2.13. The lowest BCUT2D eigenvalue weighted by atomic mass is 10.2. The van der Waals surface area contributed by atoms with Crippen LogP contribution in [0.1, 0.15) is 32.6 Å². The maximum atomic E-state index is 10.9. The van der Waals surface area contributed by atoms with Crippen molar-refractivity contribution in [2.45, 2.75) is 32.6 Å². The number of unbranched alkanes of at least 4 members (excludes halogenated alkanes) is 3. The first kappa shape index (κ1) is 12.0. The van der Waals surface area contributed by atoms with E-state index in [2.05, 4.69) is 6.92 Å². The number of carbonyl (C=O) groups is 1. The van der Waals surface area contributed by atoms with Crippen molar-refractivity contribution in [2.75, 3.05) is 26.7 Å². The van der Waals surface area contributed by atoms with Crippen molar-refractivity contribution in [1.29, 1.82) is 0 Å². The van der Waals surface area contributed by atoms with Crippen molar-refractivity contribution in [2.24, 2.45) is 0 Å². The molecule has 0 saturated carbocycles. The van der Waals surface area contributed by atoms with Gasteiger partial charge in [-0.3, -0.25) is 9.48 Å². The zero-order valence-corrected chi connectivity index (χ0v) is 9.66. The van der Waals surface area contributed by atoms with Crippen LogP contribution in [0.4, 0.5) is 0 Å². The molecule has 0 fully saturated rings.